The van der Waals surface area contributed by atoms with Crippen molar-refractivity contribution in [1.82, 2.24) is 0 Å². The van der Waals surface area contributed by atoms with E-state index < -0.39 is 0 Å². The normalized spacial score (nSPS) is 10.8. The lowest BCUT2D eigenvalue weighted by Crippen LogP contribution is -2.24. The molecule has 2 nitrogen and oxygen atoms in total. The minimum Gasteiger partial charge on any atom is -0.373 e. The van der Waals surface area contributed by atoms with Crippen molar-refractivity contribution >= 4 is 30.1 Å². The number of hydrogen-bond donors (Lipinski definition) is 1. The molecule has 14 heavy (non-hydrogen) atoms. The molecule has 0 saturated heterocycles. The van der Waals surface area contributed by atoms with E-state index in [-0.39, 0.29) is 0 Å². The summed E-state index contributed by atoms with van der Waals surface area (Å²) in [5.74, 6) is 0. The van der Waals surface area contributed by atoms with Crippen molar-refractivity contribution in [3.8, 4) is 0 Å². The summed E-state index contributed by atoms with van der Waals surface area (Å²) in [5.41, 5.74) is 7.87. The highest BCUT2D eigenvalue weighted by Crippen LogP contribution is 2.29. The summed E-state index contributed by atoms with van der Waals surface area (Å²) < 4.78 is 1.74. The third-order valence-electron chi connectivity index (χ3n) is 2.41. The number of nitrogens with two attached hydrogens (primary N) is 1. The molecule has 78 valence electrons. The molecule has 0 aromatic heterocycles. The number of hydrogen-bond acceptors (Lipinski definition) is 4. The molecule has 0 amide bonds. The molecule has 0 aliphatic heterocycles. The SMILES string of the molecule is CCc1c(N(C)CCCN)c(=S)c1=S. The molecule has 0 aliphatic rings. The van der Waals surface area contributed by atoms with Crippen molar-refractivity contribution in [2.45, 2.75) is 19.8 Å². The first-order valence-corrected chi connectivity index (χ1v) is 5.68. The first-order valence-electron chi connectivity index (χ1n) is 4.86. The summed E-state index contributed by atoms with van der Waals surface area (Å²) in [7, 11) is 2.05. The molecule has 1 aromatic rings. The van der Waals surface area contributed by atoms with Crippen molar-refractivity contribution < 1.29 is 0 Å². The molecular weight excluding hydrogens is 212 g/mol. The molecule has 0 radical (unpaired) electrons. The lowest BCUT2D eigenvalue weighted by atomic mass is 10.1. The minimum atomic E-state index is 0.719. The third kappa shape index (κ3) is 2.02. The Bertz CT molecular complexity index is 377. The Hall–Kier alpha value is -0.320. The molecule has 0 unspecified atom stereocenters. The molecule has 0 heterocycles. The van der Waals surface area contributed by atoms with E-state index in [1.807, 2.05) is 0 Å². The average molecular weight is 228 g/mol. The lowest BCUT2D eigenvalue weighted by molar-refractivity contribution is 0.787. The average Bonchev–Trinajstić information content (AvgIpc) is 2.20. The highest BCUT2D eigenvalue weighted by atomic mass is 32.1. The predicted octanol–water partition coefficient (Wildman–Crippen LogP) is 2.37. The van der Waals surface area contributed by atoms with Gasteiger partial charge in [-0.05, 0) is 24.9 Å². The maximum absolute atomic E-state index is 5.46. The Morgan fingerprint density at radius 3 is 2.43 bits per heavy atom. The van der Waals surface area contributed by atoms with E-state index in [9.17, 15) is 0 Å². The van der Waals surface area contributed by atoms with Crippen LogP contribution < -0.4 is 10.6 Å². The van der Waals surface area contributed by atoms with E-state index in [1.54, 1.807) is 0 Å². The number of anilines is 1. The standard InChI is InChI=1S/C10H16N2S2/c1-3-7-8(10(14)9(7)13)12(2)6-4-5-11/h3-6,11H2,1-2H3. The Kier molecular flexibility index (Phi) is 4.16. The van der Waals surface area contributed by atoms with E-state index in [0.717, 1.165) is 35.0 Å². The van der Waals surface area contributed by atoms with E-state index in [0.29, 0.717) is 0 Å². The van der Waals surface area contributed by atoms with Gasteiger partial charge in [0, 0.05) is 13.6 Å². The van der Waals surface area contributed by atoms with Crippen LogP contribution in [0.3, 0.4) is 0 Å². The summed E-state index contributed by atoms with van der Waals surface area (Å²) in [5, 5.41) is 0. The van der Waals surface area contributed by atoms with Crippen molar-refractivity contribution in [2.24, 2.45) is 5.73 Å². The van der Waals surface area contributed by atoms with Crippen LogP contribution in [0.2, 0.25) is 0 Å². The predicted molar refractivity (Wildman–Crippen MR) is 66.8 cm³/mol. The molecule has 0 fully saturated rings. The van der Waals surface area contributed by atoms with Gasteiger partial charge < -0.3 is 10.6 Å². The highest BCUT2D eigenvalue weighted by molar-refractivity contribution is 7.74. The molecule has 0 aliphatic carbocycles. The molecule has 0 saturated carbocycles. The van der Waals surface area contributed by atoms with E-state index in [1.165, 1.54) is 11.3 Å². The fourth-order valence-electron chi connectivity index (χ4n) is 1.60. The fraction of sp³-hybridized carbons (Fsp3) is 0.600. The Morgan fingerprint density at radius 1 is 1.29 bits per heavy atom. The molecule has 0 atom stereocenters. The Morgan fingerprint density at radius 2 is 1.93 bits per heavy atom. The molecule has 2 N–H and O–H groups in total. The van der Waals surface area contributed by atoms with Crippen molar-refractivity contribution in [3.63, 3.8) is 0 Å². The van der Waals surface area contributed by atoms with Crippen LogP contribution in [0.4, 0.5) is 5.69 Å². The maximum Gasteiger partial charge on any atom is 0.0798 e. The molecular formula is C10H16N2S2. The van der Waals surface area contributed by atoms with Gasteiger partial charge in [0.25, 0.3) is 0 Å². The second-order valence-electron chi connectivity index (χ2n) is 3.40. The van der Waals surface area contributed by atoms with Gasteiger partial charge in [0.1, 0.15) is 0 Å². The van der Waals surface area contributed by atoms with E-state index in [4.69, 9.17) is 30.2 Å². The van der Waals surface area contributed by atoms with Gasteiger partial charge in [-0.25, -0.2) is 0 Å². The Balaban J connectivity index is 2.80. The zero-order valence-electron chi connectivity index (χ0n) is 8.67. The van der Waals surface area contributed by atoms with Gasteiger partial charge in [-0.3, -0.25) is 0 Å². The second kappa shape index (κ2) is 4.96. The highest BCUT2D eigenvalue weighted by Gasteiger charge is 2.15. The summed E-state index contributed by atoms with van der Waals surface area (Å²) in [4.78, 5) is 2.17. The summed E-state index contributed by atoms with van der Waals surface area (Å²) in [6, 6.07) is 0. The van der Waals surface area contributed by atoms with Gasteiger partial charge >= 0.3 is 0 Å². The van der Waals surface area contributed by atoms with Gasteiger partial charge in [0.05, 0.1) is 14.7 Å². The second-order valence-corrected chi connectivity index (χ2v) is 4.22. The Labute approximate surface area is 95.4 Å². The molecule has 0 bridgehead atoms. The number of rotatable bonds is 5. The van der Waals surface area contributed by atoms with Gasteiger partial charge in [-0.15, -0.1) is 0 Å². The van der Waals surface area contributed by atoms with Gasteiger partial charge in [-0.1, -0.05) is 31.4 Å². The van der Waals surface area contributed by atoms with E-state index in [2.05, 4.69) is 18.9 Å². The van der Waals surface area contributed by atoms with E-state index >= 15 is 0 Å². The molecule has 4 heteroatoms. The smallest absolute Gasteiger partial charge is 0.0798 e. The van der Waals surface area contributed by atoms with Crippen LogP contribution in [-0.4, -0.2) is 20.1 Å². The van der Waals surface area contributed by atoms with Crippen LogP contribution in [0.25, 0.3) is 0 Å². The summed E-state index contributed by atoms with van der Waals surface area (Å²) in [6.07, 6.45) is 1.97. The molecule has 1 rings (SSSR count). The lowest BCUT2D eigenvalue weighted by Gasteiger charge is -2.24. The molecule has 1 aromatic carbocycles. The monoisotopic (exact) mass is 228 g/mol. The van der Waals surface area contributed by atoms with Crippen molar-refractivity contribution in [3.05, 3.63) is 14.6 Å². The topological polar surface area (TPSA) is 29.3 Å². The third-order valence-corrected chi connectivity index (χ3v) is 3.39. The zero-order chi connectivity index (χ0) is 10.7. The quantitative estimate of drug-likeness (QED) is 0.784. The van der Waals surface area contributed by atoms with Crippen LogP contribution in [0.5, 0.6) is 0 Å². The first-order chi connectivity index (χ1) is 6.63. The van der Waals surface area contributed by atoms with Gasteiger partial charge in [0.2, 0.25) is 0 Å². The summed E-state index contributed by atoms with van der Waals surface area (Å²) in [6.45, 7) is 3.79. The van der Waals surface area contributed by atoms with Crippen LogP contribution in [0.1, 0.15) is 18.9 Å². The van der Waals surface area contributed by atoms with Crippen LogP contribution in [-0.2, 0) is 6.42 Å². The summed E-state index contributed by atoms with van der Waals surface area (Å²) >= 11 is 10.4. The van der Waals surface area contributed by atoms with Crippen LogP contribution in [0, 0.1) is 9.02 Å². The first kappa shape index (κ1) is 11.8. The van der Waals surface area contributed by atoms with Gasteiger partial charge in [0.15, 0.2) is 0 Å². The molecule has 0 spiro atoms. The maximum atomic E-state index is 5.46. The van der Waals surface area contributed by atoms with Crippen LogP contribution in [0.15, 0.2) is 0 Å². The van der Waals surface area contributed by atoms with Gasteiger partial charge in [-0.2, -0.15) is 0 Å². The zero-order valence-corrected chi connectivity index (χ0v) is 10.3. The largest absolute Gasteiger partial charge is 0.373 e. The van der Waals surface area contributed by atoms with Crippen molar-refractivity contribution in [2.75, 3.05) is 25.0 Å². The van der Waals surface area contributed by atoms with Crippen LogP contribution >= 0.6 is 24.4 Å². The minimum absolute atomic E-state index is 0.719. The fourth-order valence-corrected chi connectivity index (χ4v) is 2.34. The van der Waals surface area contributed by atoms with Crippen molar-refractivity contribution in [1.29, 1.82) is 0 Å². The number of nitrogens with zero attached hydrogens (tertiary/aromatic N) is 1.